The van der Waals surface area contributed by atoms with Crippen LogP contribution < -0.4 is 5.32 Å². The van der Waals surface area contributed by atoms with Gasteiger partial charge in [0.1, 0.15) is 0 Å². The van der Waals surface area contributed by atoms with E-state index in [0.29, 0.717) is 12.6 Å². The third-order valence-corrected chi connectivity index (χ3v) is 3.78. The molecular weight excluding hydrogens is 222 g/mol. The molecule has 1 N–H and O–H groups in total. The number of benzene rings is 1. The summed E-state index contributed by atoms with van der Waals surface area (Å²) in [7, 11) is 1.76. The quantitative estimate of drug-likeness (QED) is 0.853. The minimum absolute atomic E-state index is 0.642. The second-order valence-corrected chi connectivity index (χ2v) is 5.28. The largest absolute Gasteiger partial charge is 0.382 e. The van der Waals surface area contributed by atoms with E-state index < -0.39 is 0 Å². The Kier molecular flexibility index (Phi) is 5.53. The molecule has 0 aliphatic heterocycles. The monoisotopic (exact) mass is 247 g/mol. The van der Waals surface area contributed by atoms with Crippen molar-refractivity contribution in [3.63, 3.8) is 0 Å². The molecule has 0 heterocycles. The third kappa shape index (κ3) is 4.02. The molecule has 0 aromatic heterocycles. The van der Waals surface area contributed by atoms with Crippen LogP contribution in [0.2, 0.25) is 0 Å². The van der Waals surface area contributed by atoms with Gasteiger partial charge in [-0.05, 0) is 18.9 Å². The van der Waals surface area contributed by atoms with Gasteiger partial charge in [0, 0.05) is 24.4 Å². The van der Waals surface area contributed by atoms with Crippen LogP contribution in [-0.4, -0.2) is 13.2 Å². The van der Waals surface area contributed by atoms with Crippen molar-refractivity contribution in [2.75, 3.05) is 12.4 Å². The molecule has 1 saturated carbocycles. The summed E-state index contributed by atoms with van der Waals surface area (Å²) in [5.41, 5.74) is 2.52. The standard InChI is InChI=1S/C16H25NO/c1-18-13-14-9-7-8-12-16(14)17-15-10-5-3-2-4-6-11-15/h7-9,12,15,17H,2-6,10-11,13H2,1H3. The van der Waals surface area contributed by atoms with E-state index in [4.69, 9.17) is 4.74 Å². The summed E-state index contributed by atoms with van der Waals surface area (Å²) in [6, 6.07) is 9.15. The minimum atomic E-state index is 0.642. The van der Waals surface area contributed by atoms with Gasteiger partial charge in [-0.3, -0.25) is 0 Å². The molecule has 0 saturated heterocycles. The molecule has 0 amide bonds. The molecule has 0 radical (unpaired) electrons. The van der Waals surface area contributed by atoms with Gasteiger partial charge in [0.05, 0.1) is 6.61 Å². The fourth-order valence-corrected chi connectivity index (χ4v) is 2.76. The number of nitrogens with one attached hydrogen (secondary N) is 1. The number of rotatable bonds is 4. The molecule has 0 atom stereocenters. The van der Waals surface area contributed by atoms with Gasteiger partial charge in [0.2, 0.25) is 0 Å². The highest BCUT2D eigenvalue weighted by Crippen LogP contribution is 2.23. The molecule has 2 nitrogen and oxygen atoms in total. The van der Waals surface area contributed by atoms with Crippen molar-refractivity contribution in [1.82, 2.24) is 0 Å². The van der Waals surface area contributed by atoms with Crippen LogP contribution in [0.25, 0.3) is 0 Å². The van der Waals surface area contributed by atoms with Gasteiger partial charge in [-0.25, -0.2) is 0 Å². The summed E-state index contributed by atoms with van der Waals surface area (Å²) < 4.78 is 5.26. The van der Waals surface area contributed by atoms with Crippen molar-refractivity contribution in [2.45, 2.75) is 57.6 Å². The van der Waals surface area contributed by atoms with E-state index in [0.717, 1.165) is 0 Å². The lowest BCUT2D eigenvalue weighted by Gasteiger charge is -2.23. The first-order valence-electron chi connectivity index (χ1n) is 7.23. The van der Waals surface area contributed by atoms with E-state index >= 15 is 0 Å². The molecule has 100 valence electrons. The molecule has 0 spiro atoms. The highest BCUT2D eigenvalue weighted by Gasteiger charge is 2.12. The Hall–Kier alpha value is -1.02. The predicted molar refractivity (Wildman–Crippen MR) is 76.9 cm³/mol. The predicted octanol–water partition coefficient (Wildman–Crippen LogP) is 4.36. The molecule has 1 fully saturated rings. The van der Waals surface area contributed by atoms with Crippen molar-refractivity contribution >= 4 is 5.69 Å². The van der Waals surface area contributed by atoms with Gasteiger partial charge < -0.3 is 10.1 Å². The zero-order valence-electron chi connectivity index (χ0n) is 11.5. The Bertz CT molecular complexity index is 343. The number of anilines is 1. The number of para-hydroxylation sites is 1. The topological polar surface area (TPSA) is 21.3 Å². The maximum absolute atomic E-state index is 5.26. The third-order valence-electron chi connectivity index (χ3n) is 3.78. The van der Waals surface area contributed by atoms with Crippen molar-refractivity contribution in [2.24, 2.45) is 0 Å². The summed E-state index contributed by atoms with van der Waals surface area (Å²) in [5.74, 6) is 0. The highest BCUT2D eigenvalue weighted by atomic mass is 16.5. The van der Waals surface area contributed by atoms with Crippen molar-refractivity contribution in [3.8, 4) is 0 Å². The number of hydrogen-bond donors (Lipinski definition) is 1. The van der Waals surface area contributed by atoms with Crippen molar-refractivity contribution in [1.29, 1.82) is 0 Å². The van der Waals surface area contributed by atoms with E-state index in [9.17, 15) is 0 Å². The van der Waals surface area contributed by atoms with E-state index in [1.807, 2.05) is 0 Å². The summed E-state index contributed by atoms with van der Waals surface area (Å²) in [6.45, 7) is 0.690. The van der Waals surface area contributed by atoms with Gasteiger partial charge in [-0.15, -0.1) is 0 Å². The maximum Gasteiger partial charge on any atom is 0.0733 e. The molecule has 1 aromatic carbocycles. The van der Waals surface area contributed by atoms with Crippen LogP contribution in [0.3, 0.4) is 0 Å². The zero-order valence-corrected chi connectivity index (χ0v) is 11.5. The lowest BCUT2D eigenvalue weighted by Crippen LogP contribution is -2.21. The van der Waals surface area contributed by atoms with E-state index in [1.165, 1.54) is 56.2 Å². The smallest absolute Gasteiger partial charge is 0.0733 e. The van der Waals surface area contributed by atoms with Crippen LogP contribution in [-0.2, 0) is 11.3 Å². The summed E-state index contributed by atoms with van der Waals surface area (Å²) in [5, 5.41) is 3.72. The van der Waals surface area contributed by atoms with Crippen LogP contribution in [0.4, 0.5) is 5.69 Å². The second-order valence-electron chi connectivity index (χ2n) is 5.28. The van der Waals surface area contributed by atoms with E-state index in [1.54, 1.807) is 7.11 Å². The Balaban J connectivity index is 1.98. The molecule has 0 unspecified atom stereocenters. The Morgan fingerprint density at radius 1 is 1.06 bits per heavy atom. The molecule has 0 bridgehead atoms. The van der Waals surface area contributed by atoms with Gasteiger partial charge in [0.25, 0.3) is 0 Å². The average molecular weight is 247 g/mol. The average Bonchev–Trinajstić information content (AvgIpc) is 2.35. The summed E-state index contributed by atoms with van der Waals surface area (Å²) in [4.78, 5) is 0. The molecule has 2 heteroatoms. The van der Waals surface area contributed by atoms with Crippen LogP contribution in [0, 0.1) is 0 Å². The molecule has 1 aromatic rings. The lowest BCUT2D eigenvalue weighted by atomic mass is 9.96. The van der Waals surface area contributed by atoms with Crippen LogP contribution >= 0.6 is 0 Å². The van der Waals surface area contributed by atoms with Gasteiger partial charge in [-0.2, -0.15) is 0 Å². The van der Waals surface area contributed by atoms with Crippen LogP contribution in [0.5, 0.6) is 0 Å². The normalized spacial score (nSPS) is 18.1. The SMILES string of the molecule is COCc1ccccc1NC1CCCCCCC1. The van der Waals surface area contributed by atoms with Gasteiger partial charge >= 0.3 is 0 Å². The first-order valence-corrected chi connectivity index (χ1v) is 7.23. The van der Waals surface area contributed by atoms with E-state index in [-0.39, 0.29) is 0 Å². The molecule has 1 aliphatic rings. The number of methoxy groups -OCH3 is 1. The first kappa shape index (κ1) is 13.4. The first-order chi connectivity index (χ1) is 8.90. The fourth-order valence-electron chi connectivity index (χ4n) is 2.76. The molecule has 1 aliphatic carbocycles. The number of hydrogen-bond acceptors (Lipinski definition) is 2. The zero-order chi connectivity index (χ0) is 12.6. The minimum Gasteiger partial charge on any atom is -0.382 e. The Labute approximate surface area is 111 Å². The summed E-state index contributed by atoms with van der Waals surface area (Å²) in [6.07, 6.45) is 9.57. The molecular formula is C16H25NO. The fraction of sp³-hybridized carbons (Fsp3) is 0.625. The number of ether oxygens (including phenoxy) is 1. The van der Waals surface area contributed by atoms with Gasteiger partial charge in [0.15, 0.2) is 0 Å². The van der Waals surface area contributed by atoms with Crippen molar-refractivity contribution in [3.05, 3.63) is 29.8 Å². The van der Waals surface area contributed by atoms with E-state index in [2.05, 4.69) is 29.6 Å². The Morgan fingerprint density at radius 2 is 1.72 bits per heavy atom. The maximum atomic E-state index is 5.26. The molecule has 18 heavy (non-hydrogen) atoms. The highest BCUT2D eigenvalue weighted by molar-refractivity contribution is 5.51. The van der Waals surface area contributed by atoms with Crippen molar-refractivity contribution < 1.29 is 4.74 Å². The van der Waals surface area contributed by atoms with Crippen LogP contribution in [0.15, 0.2) is 24.3 Å². The lowest BCUT2D eigenvalue weighted by molar-refractivity contribution is 0.185. The second kappa shape index (κ2) is 7.42. The van der Waals surface area contributed by atoms with Crippen LogP contribution in [0.1, 0.15) is 50.5 Å². The van der Waals surface area contributed by atoms with Gasteiger partial charge in [-0.1, -0.05) is 50.3 Å². The molecule has 2 rings (SSSR count). The summed E-state index contributed by atoms with van der Waals surface area (Å²) >= 11 is 0. The Morgan fingerprint density at radius 3 is 2.44 bits per heavy atom.